The highest BCUT2D eigenvalue weighted by Crippen LogP contribution is 2.36. The number of pyridine rings is 1. The molecule has 2 heterocycles. The molecule has 2 aromatic heterocycles. The molecule has 0 aliphatic heterocycles. The second-order valence-corrected chi connectivity index (χ2v) is 3.95. The van der Waals surface area contributed by atoms with Crippen LogP contribution in [-0.2, 0) is 6.18 Å². The number of nitrogen functional groups attached to an aromatic ring is 1. The van der Waals surface area contributed by atoms with Gasteiger partial charge in [-0.25, -0.2) is 15.0 Å². The summed E-state index contributed by atoms with van der Waals surface area (Å²) in [6, 6.07) is 3.61. The van der Waals surface area contributed by atoms with E-state index in [0.29, 0.717) is 5.69 Å². The fourth-order valence-corrected chi connectivity index (χ4v) is 1.54. The molecule has 0 amide bonds. The summed E-state index contributed by atoms with van der Waals surface area (Å²) < 4.78 is 43.6. The van der Waals surface area contributed by atoms with Crippen molar-refractivity contribution in [2.45, 2.75) is 19.2 Å². The highest BCUT2D eigenvalue weighted by atomic mass is 19.4. The van der Waals surface area contributed by atoms with Gasteiger partial charge >= 0.3 is 6.18 Å². The summed E-state index contributed by atoms with van der Waals surface area (Å²) in [5.74, 6) is -0.473. The Labute approximate surface area is 112 Å². The second kappa shape index (κ2) is 5.32. The molecule has 2 aromatic rings. The average molecular weight is 284 g/mol. The van der Waals surface area contributed by atoms with Gasteiger partial charge in [0, 0.05) is 12.4 Å². The number of halogens is 3. The van der Waals surface area contributed by atoms with Gasteiger partial charge in [0.1, 0.15) is 11.7 Å². The Kier molecular flexibility index (Phi) is 3.73. The molecule has 20 heavy (non-hydrogen) atoms. The predicted octanol–water partition coefficient (Wildman–Crippen LogP) is 2.61. The van der Waals surface area contributed by atoms with Crippen molar-refractivity contribution in [3.8, 4) is 5.88 Å². The topological polar surface area (TPSA) is 73.9 Å². The predicted molar refractivity (Wildman–Crippen MR) is 64.7 cm³/mol. The van der Waals surface area contributed by atoms with E-state index in [-0.39, 0.29) is 5.95 Å². The maximum Gasteiger partial charge on any atom is 0.421 e. The third kappa shape index (κ3) is 3.14. The van der Waals surface area contributed by atoms with E-state index in [4.69, 9.17) is 10.5 Å². The number of nitrogens with two attached hydrogens (primary N) is 1. The summed E-state index contributed by atoms with van der Waals surface area (Å²) in [4.78, 5) is 11.2. The van der Waals surface area contributed by atoms with Crippen LogP contribution in [0.3, 0.4) is 0 Å². The van der Waals surface area contributed by atoms with E-state index in [2.05, 4.69) is 15.0 Å². The Morgan fingerprint density at radius 2 is 1.95 bits per heavy atom. The standard InChI is InChI=1S/C12H11F3N4O/c1-7(9-4-6-18-11(16)19-9)20-10-8(12(13,14)15)3-2-5-17-10/h2-7H,1H3,(H2,16,18,19)/t7-/m1/s1. The molecule has 0 aromatic carbocycles. The van der Waals surface area contributed by atoms with Gasteiger partial charge in [-0.1, -0.05) is 0 Å². The maximum atomic E-state index is 12.8. The Morgan fingerprint density at radius 3 is 2.60 bits per heavy atom. The van der Waals surface area contributed by atoms with E-state index in [9.17, 15) is 13.2 Å². The zero-order chi connectivity index (χ0) is 14.8. The summed E-state index contributed by atoms with van der Waals surface area (Å²) in [7, 11) is 0. The van der Waals surface area contributed by atoms with Crippen molar-refractivity contribution in [1.82, 2.24) is 15.0 Å². The third-order valence-electron chi connectivity index (χ3n) is 2.48. The van der Waals surface area contributed by atoms with Gasteiger partial charge in [-0.2, -0.15) is 13.2 Å². The summed E-state index contributed by atoms with van der Waals surface area (Å²) in [6.07, 6.45) is -2.64. The van der Waals surface area contributed by atoms with Gasteiger partial charge in [0.05, 0.1) is 5.69 Å². The van der Waals surface area contributed by atoms with Crippen molar-refractivity contribution in [2.24, 2.45) is 0 Å². The van der Waals surface area contributed by atoms with Crippen LogP contribution in [0.5, 0.6) is 5.88 Å². The van der Waals surface area contributed by atoms with Crippen LogP contribution in [0.4, 0.5) is 19.1 Å². The highest BCUT2D eigenvalue weighted by Gasteiger charge is 2.35. The van der Waals surface area contributed by atoms with E-state index in [1.54, 1.807) is 6.92 Å². The summed E-state index contributed by atoms with van der Waals surface area (Å²) >= 11 is 0. The molecule has 0 fully saturated rings. The van der Waals surface area contributed by atoms with E-state index in [1.807, 2.05) is 0 Å². The number of hydrogen-bond donors (Lipinski definition) is 1. The fraction of sp³-hybridized carbons (Fsp3) is 0.250. The van der Waals surface area contributed by atoms with Crippen LogP contribution >= 0.6 is 0 Å². The number of aromatic nitrogens is 3. The number of hydrogen-bond acceptors (Lipinski definition) is 5. The zero-order valence-electron chi connectivity index (χ0n) is 10.4. The van der Waals surface area contributed by atoms with Crippen LogP contribution in [0.1, 0.15) is 24.3 Å². The molecule has 0 saturated carbocycles. The molecule has 0 unspecified atom stereocenters. The highest BCUT2D eigenvalue weighted by molar-refractivity contribution is 5.29. The van der Waals surface area contributed by atoms with Crippen molar-refractivity contribution in [3.63, 3.8) is 0 Å². The van der Waals surface area contributed by atoms with E-state index < -0.39 is 23.7 Å². The van der Waals surface area contributed by atoms with E-state index in [1.165, 1.54) is 24.5 Å². The van der Waals surface area contributed by atoms with Gasteiger partial charge in [-0.15, -0.1) is 0 Å². The molecule has 2 N–H and O–H groups in total. The molecule has 106 valence electrons. The Morgan fingerprint density at radius 1 is 1.20 bits per heavy atom. The zero-order valence-corrected chi connectivity index (χ0v) is 10.4. The third-order valence-corrected chi connectivity index (χ3v) is 2.48. The first-order chi connectivity index (χ1) is 9.38. The Balaban J connectivity index is 2.26. The van der Waals surface area contributed by atoms with Gasteiger partial charge in [-0.3, -0.25) is 0 Å². The van der Waals surface area contributed by atoms with Crippen molar-refractivity contribution in [1.29, 1.82) is 0 Å². The lowest BCUT2D eigenvalue weighted by Gasteiger charge is -2.17. The van der Waals surface area contributed by atoms with Gasteiger partial charge in [0.25, 0.3) is 0 Å². The number of rotatable bonds is 3. The van der Waals surface area contributed by atoms with Crippen LogP contribution in [-0.4, -0.2) is 15.0 Å². The van der Waals surface area contributed by atoms with Crippen LogP contribution < -0.4 is 10.5 Å². The first-order valence-electron chi connectivity index (χ1n) is 5.65. The van der Waals surface area contributed by atoms with Crippen molar-refractivity contribution >= 4 is 5.95 Å². The Hall–Kier alpha value is -2.38. The van der Waals surface area contributed by atoms with Crippen LogP contribution in [0.2, 0.25) is 0 Å². The molecule has 0 aliphatic carbocycles. The normalized spacial score (nSPS) is 13.0. The summed E-state index contributed by atoms with van der Waals surface area (Å²) in [5, 5.41) is 0. The molecular formula is C12H11F3N4O. The molecule has 0 bridgehead atoms. The lowest BCUT2D eigenvalue weighted by molar-refractivity contribution is -0.139. The number of alkyl halides is 3. The average Bonchev–Trinajstić information content (AvgIpc) is 2.38. The summed E-state index contributed by atoms with van der Waals surface area (Å²) in [5.41, 5.74) is 4.85. The van der Waals surface area contributed by atoms with Crippen molar-refractivity contribution in [2.75, 3.05) is 5.73 Å². The lowest BCUT2D eigenvalue weighted by Crippen LogP contribution is -2.13. The minimum absolute atomic E-state index is 0.0232. The smallest absolute Gasteiger partial charge is 0.421 e. The van der Waals surface area contributed by atoms with Crippen LogP contribution in [0.15, 0.2) is 30.6 Å². The molecule has 0 saturated heterocycles. The molecule has 5 nitrogen and oxygen atoms in total. The quantitative estimate of drug-likeness (QED) is 0.937. The van der Waals surface area contributed by atoms with Gasteiger partial charge in [0.2, 0.25) is 11.8 Å². The van der Waals surface area contributed by atoms with Crippen molar-refractivity contribution in [3.05, 3.63) is 41.9 Å². The molecule has 1 atom stereocenters. The Bertz CT molecular complexity index is 603. The minimum Gasteiger partial charge on any atom is -0.468 e. The molecule has 2 rings (SSSR count). The molecule has 0 radical (unpaired) electrons. The number of anilines is 1. The van der Waals surface area contributed by atoms with Gasteiger partial charge in [-0.05, 0) is 25.1 Å². The maximum absolute atomic E-state index is 12.8. The van der Waals surface area contributed by atoms with Crippen molar-refractivity contribution < 1.29 is 17.9 Å². The largest absolute Gasteiger partial charge is 0.468 e. The molecule has 0 spiro atoms. The fourth-order valence-electron chi connectivity index (χ4n) is 1.54. The van der Waals surface area contributed by atoms with Gasteiger partial charge < -0.3 is 10.5 Å². The summed E-state index contributed by atoms with van der Waals surface area (Å²) in [6.45, 7) is 1.55. The van der Waals surface area contributed by atoms with Crippen LogP contribution in [0, 0.1) is 0 Å². The molecule has 0 aliphatic rings. The van der Waals surface area contributed by atoms with Crippen LogP contribution in [0.25, 0.3) is 0 Å². The second-order valence-electron chi connectivity index (χ2n) is 3.95. The van der Waals surface area contributed by atoms with E-state index in [0.717, 1.165) is 6.07 Å². The first-order valence-corrected chi connectivity index (χ1v) is 5.65. The SMILES string of the molecule is C[C@@H](Oc1ncccc1C(F)(F)F)c1ccnc(N)n1. The minimum atomic E-state index is -4.53. The first kappa shape index (κ1) is 14.0. The lowest BCUT2D eigenvalue weighted by atomic mass is 10.2. The number of ether oxygens (including phenoxy) is 1. The number of nitrogens with zero attached hydrogens (tertiary/aromatic N) is 3. The monoisotopic (exact) mass is 284 g/mol. The van der Waals surface area contributed by atoms with E-state index >= 15 is 0 Å². The van der Waals surface area contributed by atoms with Gasteiger partial charge in [0.15, 0.2) is 0 Å². The molecular weight excluding hydrogens is 273 g/mol. The molecule has 8 heteroatoms.